The van der Waals surface area contributed by atoms with Crippen molar-refractivity contribution in [2.75, 3.05) is 7.11 Å². The molecule has 2 aromatic rings. The summed E-state index contributed by atoms with van der Waals surface area (Å²) in [6.45, 7) is 0. The fourth-order valence-electron chi connectivity index (χ4n) is 2.67. The van der Waals surface area contributed by atoms with E-state index in [0.29, 0.717) is 5.56 Å². The maximum atomic E-state index is 12.3. The Bertz CT molecular complexity index is 684. The molecule has 0 heterocycles. The third kappa shape index (κ3) is 2.83. The molecule has 0 bridgehead atoms. The van der Waals surface area contributed by atoms with Gasteiger partial charge in [0.2, 0.25) is 0 Å². The van der Waals surface area contributed by atoms with Crippen LogP contribution in [0.25, 0.3) is 11.1 Å². The number of carbonyl (C=O) groups excluding carboxylic acids is 1. The molecule has 22 heavy (non-hydrogen) atoms. The van der Waals surface area contributed by atoms with E-state index in [9.17, 15) is 4.79 Å². The molecule has 0 spiro atoms. The SMILES string of the molecule is COc1ccccc1-c1cccc(C(=O)NC2CCC2N)c1. The topological polar surface area (TPSA) is 64.3 Å². The largest absolute Gasteiger partial charge is 0.496 e. The molecular weight excluding hydrogens is 276 g/mol. The Morgan fingerprint density at radius 1 is 1.18 bits per heavy atom. The van der Waals surface area contributed by atoms with Gasteiger partial charge in [-0.1, -0.05) is 30.3 Å². The van der Waals surface area contributed by atoms with Crippen LogP contribution in [-0.4, -0.2) is 25.1 Å². The highest BCUT2D eigenvalue weighted by molar-refractivity contribution is 5.96. The second-order valence-corrected chi connectivity index (χ2v) is 5.60. The molecule has 3 rings (SSSR count). The van der Waals surface area contributed by atoms with Crippen molar-refractivity contribution in [2.24, 2.45) is 5.73 Å². The van der Waals surface area contributed by atoms with Gasteiger partial charge < -0.3 is 15.8 Å². The van der Waals surface area contributed by atoms with Crippen LogP contribution in [-0.2, 0) is 0 Å². The number of methoxy groups -OCH3 is 1. The number of rotatable bonds is 4. The average Bonchev–Trinajstić information content (AvgIpc) is 2.58. The van der Waals surface area contributed by atoms with E-state index < -0.39 is 0 Å². The first kappa shape index (κ1) is 14.6. The molecule has 3 N–H and O–H groups in total. The minimum Gasteiger partial charge on any atom is -0.496 e. The number of ether oxygens (including phenoxy) is 1. The Hall–Kier alpha value is -2.33. The van der Waals surface area contributed by atoms with Gasteiger partial charge in [0.05, 0.1) is 7.11 Å². The van der Waals surface area contributed by atoms with Gasteiger partial charge in [0.15, 0.2) is 0 Å². The van der Waals surface area contributed by atoms with Crippen LogP contribution in [0.2, 0.25) is 0 Å². The third-order valence-electron chi connectivity index (χ3n) is 4.19. The molecule has 1 fully saturated rings. The van der Waals surface area contributed by atoms with Crippen molar-refractivity contribution in [3.63, 3.8) is 0 Å². The molecule has 1 amide bonds. The summed E-state index contributed by atoms with van der Waals surface area (Å²) in [5, 5.41) is 2.99. The highest BCUT2D eigenvalue weighted by Crippen LogP contribution is 2.30. The number of para-hydroxylation sites is 1. The van der Waals surface area contributed by atoms with Crippen molar-refractivity contribution in [3.8, 4) is 16.9 Å². The van der Waals surface area contributed by atoms with E-state index in [1.54, 1.807) is 7.11 Å². The quantitative estimate of drug-likeness (QED) is 0.911. The predicted octanol–water partition coefficient (Wildman–Crippen LogP) is 2.58. The average molecular weight is 296 g/mol. The lowest BCUT2D eigenvalue weighted by Crippen LogP contribution is -2.54. The molecule has 2 atom stereocenters. The highest BCUT2D eigenvalue weighted by Gasteiger charge is 2.28. The summed E-state index contributed by atoms with van der Waals surface area (Å²) in [7, 11) is 1.65. The number of hydrogen-bond acceptors (Lipinski definition) is 3. The summed E-state index contributed by atoms with van der Waals surface area (Å²) in [5.41, 5.74) is 8.45. The van der Waals surface area contributed by atoms with E-state index in [1.807, 2.05) is 48.5 Å². The molecule has 0 aliphatic heterocycles. The van der Waals surface area contributed by atoms with Gasteiger partial charge in [-0.3, -0.25) is 4.79 Å². The number of hydrogen-bond donors (Lipinski definition) is 2. The van der Waals surface area contributed by atoms with Gasteiger partial charge in [0, 0.05) is 23.2 Å². The molecule has 4 heteroatoms. The summed E-state index contributed by atoms with van der Waals surface area (Å²) >= 11 is 0. The molecule has 1 saturated carbocycles. The van der Waals surface area contributed by atoms with Crippen molar-refractivity contribution in [2.45, 2.75) is 24.9 Å². The van der Waals surface area contributed by atoms with Gasteiger partial charge >= 0.3 is 0 Å². The van der Waals surface area contributed by atoms with Gasteiger partial charge in [-0.25, -0.2) is 0 Å². The van der Waals surface area contributed by atoms with Crippen LogP contribution in [0.5, 0.6) is 5.75 Å². The molecule has 2 aromatic carbocycles. The van der Waals surface area contributed by atoms with Gasteiger partial charge in [-0.05, 0) is 36.6 Å². The maximum absolute atomic E-state index is 12.3. The number of carbonyl (C=O) groups is 1. The van der Waals surface area contributed by atoms with E-state index in [-0.39, 0.29) is 18.0 Å². The zero-order valence-corrected chi connectivity index (χ0v) is 12.6. The van der Waals surface area contributed by atoms with E-state index >= 15 is 0 Å². The maximum Gasteiger partial charge on any atom is 0.251 e. The lowest BCUT2D eigenvalue weighted by atomic mass is 9.87. The Balaban J connectivity index is 1.84. The highest BCUT2D eigenvalue weighted by atomic mass is 16.5. The minimum absolute atomic E-state index is 0.0723. The smallest absolute Gasteiger partial charge is 0.251 e. The standard InChI is InChI=1S/C18H20N2O2/c1-22-17-8-3-2-7-14(17)12-5-4-6-13(11-12)18(21)20-16-10-9-15(16)19/h2-8,11,15-16H,9-10,19H2,1H3,(H,20,21). The molecule has 4 nitrogen and oxygen atoms in total. The fourth-order valence-corrected chi connectivity index (χ4v) is 2.67. The lowest BCUT2D eigenvalue weighted by Gasteiger charge is -2.34. The van der Waals surface area contributed by atoms with Crippen molar-refractivity contribution in [1.29, 1.82) is 0 Å². The van der Waals surface area contributed by atoms with E-state index in [2.05, 4.69) is 5.32 Å². The normalized spacial score (nSPS) is 20.1. The van der Waals surface area contributed by atoms with Gasteiger partial charge in [0.25, 0.3) is 5.91 Å². The van der Waals surface area contributed by atoms with Crippen LogP contribution in [0.15, 0.2) is 48.5 Å². The Kier molecular flexibility index (Phi) is 4.11. The van der Waals surface area contributed by atoms with E-state index in [1.165, 1.54) is 0 Å². The minimum atomic E-state index is -0.0723. The third-order valence-corrected chi connectivity index (χ3v) is 4.19. The van der Waals surface area contributed by atoms with E-state index in [0.717, 1.165) is 29.7 Å². The molecule has 0 aromatic heterocycles. The Morgan fingerprint density at radius 2 is 2.00 bits per heavy atom. The van der Waals surface area contributed by atoms with Crippen LogP contribution in [0.3, 0.4) is 0 Å². The Labute approximate surface area is 130 Å². The molecule has 1 aliphatic carbocycles. The van der Waals surface area contributed by atoms with Gasteiger partial charge in [-0.2, -0.15) is 0 Å². The van der Waals surface area contributed by atoms with Crippen LogP contribution in [0.4, 0.5) is 0 Å². The van der Waals surface area contributed by atoms with Crippen molar-refractivity contribution in [3.05, 3.63) is 54.1 Å². The van der Waals surface area contributed by atoms with Crippen molar-refractivity contribution in [1.82, 2.24) is 5.32 Å². The summed E-state index contributed by atoms with van der Waals surface area (Å²) in [6.07, 6.45) is 1.94. The number of nitrogens with two attached hydrogens (primary N) is 1. The number of benzene rings is 2. The van der Waals surface area contributed by atoms with Crippen LogP contribution < -0.4 is 15.8 Å². The first-order valence-electron chi connectivity index (χ1n) is 7.49. The second kappa shape index (κ2) is 6.20. The second-order valence-electron chi connectivity index (χ2n) is 5.60. The monoisotopic (exact) mass is 296 g/mol. The van der Waals surface area contributed by atoms with Crippen molar-refractivity contribution < 1.29 is 9.53 Å². The number of amides is 1. The Morgan fingerprint density at radius 3 is 2.68 bits per heavy atom. The zero-order valence-electron chi connectivity index (χ0n) is 12.6. The molecule has 114 valence electrons. The molecule has 0 radical (unpaired) electrons. The van der Waals surface area contributed by atoms with Gasteiger partial charge in [0.1, 0.15) is 5.75 Å². The number of nitrogens with one attached hydrogen (secondary N) is 1. The lowest BCUT2D eigenvalue weighted by molar-refractivity contribution is 0.0906. The zero-order chi connectivity index (χ0) is 15.5. The van der Waals surface area contributed by atoms with E-state index in [4.69, 9.17) is 10.5 Å². The molecule has 2 unspecified atom stereocenters. The molecule has 1 aliphatic rings. The fraction of sp³-hybridized carbons (Fsp3) is 0.278. The van der Waals surface area contributed by atoms with Crippen LogP contribution in [0, 0.1) is 0 Å². The summed E-state index contributed by atoms with van der Waals surface area (Å²) in [4.78, 5) is 12.3. The van der Waals surface area contributed by atoms with Gasteiger partial charge in [-0.15, -0.1) is 0 Å². The summed E-state index contributed by atoms with van der Waals surface area (Å²) in [6, 6.07) is 15.5. The first-order valence-corrected chi connectivity index (χ1v) is 7.49. The summed E-state index contributed by atoms with van der Waals surface area (Å²) < 4.78 is 5.39. The molecule has 0 saturated heterocycles. The summed E-state index contributed by atoms with van der Waals surface area (Å²) in [5.74, 6) is 0.720. The van der Waals surface area contributed by atoms with Crippen LogP contribution in [0.1, 0.15) is 23.2 Å². The molecular formula is C18H20N2O2. The van der Waals surface area contributed by atoms with Crippen LogP contribution >= 0.6 is 0 Å². The van der Waals surface area contributed by atoms with Crippen molar-refractivity contribution >= 4 is 5.91 Å². The first-order chi connectivity index (χ1) is 10.7. The predicted molar refractivity (Wildman–Crippen MR) is 86.9 cm³/mol.